The Bertz CT molecular complexity index is 407. The Morgan fingerprint density at radius 3 is 2.61 bits per heavy atom. The van der Waals surface area contributed by atoms with Crippen LogP contribution in [0.5, 0.6) is 0 Å². The van der Waals surface area contributed by atoms with E-state index in [4.69, 9.17) is 0 Å². The summed E-state index contributed by atoms with van der Waals surface area (Å²) in [5.74, 6) is 0.743. The zero-order valence-corrected chi connectivity index (χ0v) is 12.1. The third-order valence-corrected chi connectivity index (χ3v) is 2.62. The van der Waals surface area contributed by atoms with E-state index in [0.29, 0.717) is 0 Å². The summed E-state index contributed by atoms with van der Waals surface area (Å²) in [6.45, 7) is 13.7. The van der Waals surface area contributed by atoms with Crippen molar-refractivity contribution < 1.29 is 0 Å². The average Bonchev–Trinajstić information content (AvgIpc) is 2.26. The monoisotopic (exact) mass is 248 g/mol. The van der Waals surface area contributed by atoms with Gasteiger partial charge < -0.3 is 10.2 Å². The summed E-state index contributed by atoms with van der Waals surface area (Å²) in [7, 11) is 1.96. The molecule has 0 fully saturated rings. The van der Waals surface area contributed by atoms with Crippen molar-refractivity contribution in [1.29, 1.82) is 0 Å². The van der Waals surface area contributed by atoms with Crippen LogP contribution in [0.15, 0.2) is 18.9 Å². The molecule has 0 saturated carbocycles. The summed E-state index contributed by atoms with van der Waals surface area (Å²) >= 11 is 0. The van der Waals surface area contributed by atoms with Crippen LogP contribution >= 0.6 is 0 Å². The highest BCUT2D eigenvalue weighted by atomic mass is 15.2. The molecule has 0 atom stereocenters. The molecule has 4 heteroatoms. The molecule has 100 valence electrons. The lowest BCUT2D eigenvalue weighted by atomic mass is 10.1. The molecule has 0 aliphatic heterocycles. The minimum Gasteiger partial charge on any atom is -0.340 e. The van der Waals surface area contributed by atoms with E-state index >= 15 is 0 Å². The van der Waals surface area contributed by atoms with Crippen molar-refractivity contribution in [2.45, 2.75) is 39.8 Å². The molecule has 0 aromatic carbocycles. The number of rotatable bonds is 5. The van der Waals surface area contributed by atoms with Gasteiger partial charge in [0.2, 0.25) is 5.95 Å². The number of nitrogens with one attached hydrogen (secondary N) is 1. The molecule has 0 spiro atoms. The minimum absolute atomic E-state index is 0.102. The van der Waals surface area contributed by atoms with E-state index in [1.54, 1.807) is 0 Å². The third kappa shape index (κ3) is 4.45. The smallest absolute Gasteiger partial charge is 0.225 e. The maximum atomic E-state index is 4.52. The molecule has 0 radical (unpaired) electrons. The van der Waals surface area contributed by atoms with Crippen LogP contribution in [0.2, 0.25) is 0 Å². The van der Waals surface area contributed by atoms with Gasteiger partial charge in [-0.2, -0.15) is 0 Å². The van der Waals surface area contributed by atoms with Gasteiger partial charge in [-0.1, -0.05) is 6.08 Å². The molecule has 1 aromatic heterocycles. The van der Waals surface area contributed by atoms with Gasteiger partial charge in [0.25, 0.3) is 0 Å². The highest BCUT2D eigenvalue weighted by Gasteiger charge is 2.11. The molecule has 1 aromatic rings. The molecule has 4 nitrogen and oxygen atoms in total. The van der Waals surface area contributed by atoms with Crippen molar-refractivity contribution in [3.8, 4) is 0 Å². The van der Waals surface area contributed by atoms with Gasteiger partial charge in [0.05, 0.1) is 0 Å². The minimum atomic E-state index is 0.102. The second-order valence-corrected chi connectivity index (χ2v) is 5.55. The quantitative estimate of drug-likeness (QED) is 0.812. The van der Waals surface area contributed by atoms with E-state index in [-0.39, 0.29) is 5.54 Å². The maximum Gasteiger partial charge on any atom is 0.225 e. The van der Waals surface area contributed by atoms with Gasteiger partial charge in [-0.05, 0) is 27.7 Å². The van der Waals surface area contributed by atoms with Gasteiger partial charge in [-0.15, -0.1) is 6.58 Å². The van der Waals surface area contributed by atoms with Crippen LogP contribution in [0, 0.1) is 6.92 Å². The average molecular weight is 248 g/mol. The van der Waals surface area contributed by atoms with Crippen LogP contribution in [0.25, 0.3) is 0 Å². The Labute approximate surface area is 110 Å². The predicted octanol–water partition coefficient (Wildman–Crippen LogP) is 2.30. The summed E-state index contributed by atoms with van der Waals surface area (Å²) in [6, 6.07) is 0. The number of anilines is 1. The zero-order valence-electron chi connectivity index (χ0n) is 12.1. The summed E-state index contributed by atoms with van der Waals surface area (Å²) in [5.41, 5.74) is 2.26. The molecule has 1 N–H and O–H groups in total. The van der Waals surface area contributed by atoms with E-state index in [1.165, 1.54) is 0 Å². The van der Waals surface area contributed by atoms with Gasteiger partial charge in [0, 0.05) is 43.1 Å². The van der Waals surface area contributed by atoms with Crippen LogP contribution in [-0.4, -0.2) is 29.1 Å². The SMILES string of the molecule is C=CCN(C)c1ncc(CNC(C)(C)C)c(C)n1. The lowest BCUT2D eigenvalue weighted by Gasteiger charge is -2.21. The molecule has 0 unspecified atom stereocenters. The predicted molar refractivity (Wildman–Crippen MR) is 76.8 cm³/mol. The lowest BCUT2D eigenvalue weighted by Crippen LogP contribution is -2.35. The molecule has 0 amide bonds. The first-order valence-corrected chi connectivity index (χ1v) is 6.23. The van der Waals surface area contributed by atoms with Gasteiger partial charge in [-0.3, -0.25) is 0 Å². The van der Waals surface area contributed by atoms with Crippen molar-refractivity contribution in [2.75, 3.05) is 18.5 Å². The molecule has 0 aliphatic carbocycles. The van der Waals surface area contributed by atoms with Crippen LogP contribution < -0.4 is 10.2 Å². The Morgan fingerprint density at radius 1 is 1.44 bits per heavy atom. The van der Waals surface area contributed by atoms with Crippen molar-refractivity contribution >= 4 is 5.95 Å². The van der Waals surface area contributed by atoms with E-state index in [0.717, 1.165) is 30.3 Å². The van der Waals surface area contributed by atoms with Crippen LogP contribution in [-0.2, 0) is 6.54 Å². The number of nitrogens with zero attached hydrogens (tertiary/aromatic N) is 3. The van der Waals surface area contributed by atoms with Crippen LogP contribution in [0.3, 0.4) is 0 Å². The third-order valence-electron chi connectivity index (χ3n) is 2.62. The Morgan fingerprint density at radius 2 is 2.11 bits per heavy atom. The highest BCUT2D eigenvalue weighted by Crippen LogP contribution is 2.11. The highest BCUT2D eigenvalue weighted by molar-refractivity contribution is 5.32. The summed E-state index contributed by atoms with van der Waals surface area (Å²) in [6.07, 6.45) is 3.74. The fraction of sp³-hybridized carbons (Fsp3) is 0.571. The number of aromatic nitrogens is 2. The Balaban J connectivity index is 2.76. The Kier molecular flexibility index (Phi) is 4.84. The van der Waals surface area contributed by atoms with Gasteiger partial charge in [0.15, 0.2) is 0 Å². The van der Waals surface area contributed by atoms with Crippen molar-refractivity contribution in [2.24, 2.45) is 0 Å². The van der Waals surface area contributed by atoms with Gasteiger partial charge in [0.1, 0.15) is 0 Å². The van der Waals surface area contributed by atoms with Gasteiger partial charge >= 0.3 is 0 Å². The first-order valence-electron chi connectivity index (χ1n) is 6.23. The number of aryl methyl sites for hydroxylation is 1. The first kappa shape index (κ1) is 14.6. The standard InChI is InChI=1S/C14H24N4/c1-7-8-18(6)13-15-9-12(11(2)17-13)10-16-14(3,4)5/h7,9,16H,1,8,10H2,2-6H3. The summed E-state index contributed by atoms with van der Waals surface area (Å²) < 4.78 is 0. The van der Waals surface area contributed by atoms with Crippen molar-refractivity contribution in [3.05, 3.63) is 30.1 Å². The molecular formula is C14H24N4. The number of likely N-dealkylation sites (N-methyl/N-ethyl adjacent to an activating group) is 1. The van der Waals surface area contributed by atoms with E-state index in [9.17, 15) is 0 Å². The zero-order chi connectivity index (χ0) is 13.8. The van der Waals surface area contributed by atoms with E-state index < -0.39 is 0 Å². The largest absolute Gasteiger partial charge is 0.340 e. The molecule has 0 bridgehead atoms. The normalized spacial score (nSPS) is 11.4. The van der Waals surface area contributed by atoms with Crippen molar-refractivity contribution in [3.63, 3.8) is 0 Å². The summed E-state index contributed by atoms with van der Waals surface area (Å²) in [5, 5.41) is 3.44. The van der Waals surface area contributed by atoms with Crippen molar-refractivity contribution in [1.82, 2.24) is 15.3 Å². The second-order valence-electron chi connectivity index (χ2n) is 5.55. The Hall–Kier alpha value is -1.42. The molecule has 0 saturated heterocycles. The van der Waals surface area contributed by atoms with Gasteiger partial charge in [-0.25, -0.2) is 9.97 Å². The fourth-order valence-corrected chi connectivity index (χ4v) is 1.47. The van der Waals surface area contributed by atoms with Crippen LogP contribution in [0.4, 0.5) is 5.95 Å². The lowest BCUT2D eigenvalue weighted by molar-refractivity contribution is 0.423. The fourth-order valence-electron chi connectivity index (χ4n) is 1.47. The summed E-state index contributed by atoms with van der Waals surface area (Å²) in [4.78, 5) is 10.9. The van der Waals surface area contributed by atoms with E-state index in [2.05, 4.69) is 42.6 Å². The molecule has 0 aliphatic rings. The van der Waals surface area contributed by atoms with Crippen LogP contribution in [0.1, 0.15) is 32.0 Å². The molecule has 1 heterocycles. The molecule has 18 heavy (non-hydrogen) atoms. The number of hydrogen-bond acceptors (Lipinski definition) is 4. The molecule has 1 rings (SSSR count). The molecular weight excluding hydrogens is 224 g/mol. The first-order chi connectivity index (χ1) is 8.33. The topological polar surface area (TPSA) is 41.1 Å². The maximum absolute atomic E-state index is 4.52. The second kappa shape index (κ2) is 5.96. The van der Waals surface area contributed by atoms with E-state index in [1.807, 2.05) is 31.1 Å². The number of hydrogen-bond donors (Lipinski definition) is 1.